The van der Waals surface area contributed by atoms with Crippen LogP contribution in [0.1, 0.15) is 10.4 Å². The van der Waals surface area contributed by atoms with Gasteiger partial charge in [-0.3, -0.25) is 4.79 Å². The van der Waals surface area contributed by atoms with Gasteiger partial charge in [0.15, 0.2) is 0 Å². The molecule has 0 radical (unpaired) electrons. The van der Waals surface area contributed by atoms with Crippen LogP contribution in [0.5, 0.6) is 0 Å². The summed E-state index contributed by atoms with van der Waals surface area (Å²) in [4.78, 5) is 27.4. The highest BCUT2D eigenvalue weighted by Crippen LogP contribution is 2.22. The number of carbonyl (C=O) groups excluding carboxylic acids is 1. The lowest BCUT2D eigenvalue weighted by atomic mass is 10.2. The van der Waals surface area contributed by atoms with E-state index in [-0.39, 0.29) is 5.91 Å². The van der Waals surface area contributed by atoms with Crippen molar-refractivity contribution >= 4 is 29.1 Å². The van der Waals surface area contributed by atoms with Crippen LogP contribution in [-0.2, 0) is 9.53 Å². The number of halogens is 3. The van der Waals surface area contributed by atoms with E-state index in [0.717, 1.165) is 43.5 Å². The lowest BCUT2D eigenvalue weighted by Gasteiger charge is -2.28. The number of hydrogen-bond acceptors (Lipinski definition) is 6. The predicted octanol–water partition coefficient (Wildman–Crippen LogP) is 3.45. The highest BCUT2D eigenvalue weighted by molar-refractivity contribution is 5.93. The fourth-order valence-corrected chi connectivity index (χ4v) is 3.21. The van der Waals surface area contributed by atoms with Crippen molar-refractivity contribution in [2.75, 3.05) is 43.6 Å². The average molecular weight is 491 g/mol. The molecule has 4 rings (SSSR count). The third-order valence-corrected chi connectivity index (χ3v) is 4.98. The molecule has 0 spiro atoms. The number of pyridine rings is 1. The minimum Gasteiger partial charge on any atom is -0.475 e. The number of carbonyl (C=O) groups is 2. The Labute approximate surface area is 199 Å². The molecule has 1 amide bonds. The molecule has 1 aliphatic rings. The number of carboxylic acids is 1. The average Bonchev–Trinajstić information content (AvgIpc) is 3.35. The standard InChI is InChI=1S/C21H23N5O2.C2HF3O2/c1-22-21(27)16-7-9-26(15-16)19-6-8-23-20(14-19)24-17-2-4-18(5-3-17)25-10-12-28-13-11-25;3-2(4,5)1(6)7/h2-9,14-15H,10-13H2,1H3,(H,22,27)(H,23,24);(H,6,7). The summed E-state index contributed by atoms with van der Waals surface area (Å²) in [7, 11) is 1.62. The smallest absolute Gasteiger partial charge is 0.475 e. The van der Waals surface area contributed by atoms with Gasteiger partial charge in [-0.05, 0) is 36.4 Å². The quantitative estimate of drug-likeness (QED) is 0.502. The Bertz CT molecular complexity index is 1140. The van der Waals surface area contributed by atoms with E-state index in [1.807, 2.05) is 22.9 Å². The number of morpholine rings is 1. The fraction of sp³-hybridized carbons (Fsp3) is 0.261. The van der Waals surface area contributed by atoms with E-state index in [4.69, 9.17) is 14.6 Å². The first-order valence-corrected chi connectivity index (χ1v) is 10.5. The van der Waals surface area contributed by atoms with Crippen molar-refractivity contribution in [3.05, 3.63) is 66.6 Å². The Morgan fingerprint density at radius 2 is 1.71 bits per heavy atom. The minimum absolute atomic E-state index is 0.105. The van der Waals surface area contributed by atoms with E-state index >= 15 is 0 Å². The van der Waals surface area contributed by atoms with Crippen molar-refractivity contribution in [3.8, 4) is 5.69 Å². The molecule has 0 bridgehead atoms. The van der Waals surface area contributed by atoms with Gasteiger partial charge in [-0.2, -0.15) is 13.2 Å². The topological polar surface area (TPSA) is 109 Å². The second kappa shape index (κ2) is 11.4. The zero-order valence-corrected chi connectivity index (χ0v) is 18.7. The van der Waals surface area contributed by atoms with Crippen LogP contribution in [0.2, 0.25) is 0 Å². The number of rotatable bonds is 5. The van der Waals surface area contributed by atoms with Crippen molar-refractivity contribution in [2.24, 2.45) is 0 Å². The first-order valence-electron chi connectivity index (χ1n) is 10.5. The van der Waals surface area contributed by atoms with Crippen LogP contribution in [0.25, 0.3) is 5.69 Å². The van der Waals surface area contributed by atoms with Gasteiger partial charge in [0.05, 0.1) is 24.5 Å². The van der Waals surface area contributed by atoms with Gasteiger partial charge in [0.1, 0.15) is 5.82 Å². The van der Waals surface area contributed by atoms with Crippen molar-refractivity contribution in [1.29, 1.82) is 0 Å². The molecule has 0 unspecified atom stereocenters. The number of aromatic nitrogens is 2. The third kappa shape index (κ3) is 7.21. The van der Waals surface area contributed by atoms with E-state index < -0.39 is 12.1 Å². The van der Waals surface area contributed by atoms with Crippen molar-refractivity contribution in [2.45, 2.75) is 6.18 Å². The highest BCUT2D eigenvalue weighted by atomic mass is 19.4. The van der Waals surface area contributed by atoms with Gasteiger partial charge in [-0.1, -0.05) is 0 Å². The van der Waals surface area contributed by atoms with Gasteiger partial charge < -0.3 is 29.9 Å². The molecule has 1 aromatic carbocycles. The molecule has 3 aromatic rings. The molecular formula is C23H24F3N5O4. The molecule has 0 atom stereocenters. The van der Waals surface area contributed by atoms with Crippen LogP contribution in [0.15, 0.2) is 61.1 Å². The Balaban J connectivity index is 0.000000429. The van der Waals surface area contributed by atoms with Crippen molar-refractivity contribution < 1.29 is 32.6 Å². The molecule has 12 heteroatoms. The summed E-state index contributed by atoms with van der Waals surface area (Å²) < 4.78 is 39.0. The fourth-order valence-electron chi connectivity index (χ4n) is 3.21. The van der Waals surface area contributed by atoms with Gasteiger partial charge >= 0.3 is 12.1 Å². The van der Waals surface area contributed by atoms with Crippen molar-refractivity contribution in [1.82, 2.24) is 14.9 Å². The van der Waals surface area contributed by atoms with E-state index in [2.05, 4.69) is 44.8 Å². The van der Waals surface area contributed by atoms with Crippen LogP contribution in [-0.4, -0.2) is 66.1 Å². The van der Waals surface area contributed by atoms with Gasteiger partial charge in [-0.25, -0.2) is 9.78 Å². The lowest BCUT2D eigenvalue weighted by molar-refractivity contribution is -0.192. The molecule has 186 valence electrons. The molecule has 9 nitrogen and oxygen atoms in total. The van der Waals surface area contributed by atoms with Crippen LogP contribution < -0.4 is 15.5 Å². The Hall–Kier alpha value is -4.06. The zero-order chi connectivity index (χ0) is 25.4. The number of carboxylic acid groups (broad SMARTS) is 1. The maximum absolute atomic E-state index is 11.7. The van der Waals surface area contributed by atoms with E-state index in [0.29, 0.717) is 5.56 Å². The molecule has 3 N–H and O–H groups in total. The number of ether oxygens (including phenoxy) is 1. The van der Waals surface area contributed by atoms with Gasteiger partial charge in [-0.15, -0.1) is 0 Å². The maximum atomic E-state index is 11.7. The van der Waals surface area contributed by atoms with Crippen LogP contribution in [0.3, 0.4) is 0 Å². The van der Waals surface area contributed by atoms with E-state index in [9.17, 15) is 18.0 Å². The number of aliphatic carboxylic acids is 1. The zero-order valence-electron chi connectivity index (χ0n) is 18.7. The van der Waals surface area contributed by atoms with Gasteiger partial charge in [0.2, 0.25) is 0 Å². The Morgan fingerprint density at radius 1 is 1.06 bits per heavy atom. The number of nitrogens with zero attached hydrogens (tertiary/aromatic N) is 3. The molecule has 2 aromatic heterocycles. The normalized spacial score (nSPS) is 13.4. The molecule has 1 aliphatic heterocycles. The molecule has 1 saturated heterocycles. The lowest BCUT2D eigenvalue weighted by Crippen LogP contribution is -2.36. The number of anilines is 3. The SMILES string of the molecule is CNC(=O)c1ccn(-c2ccnc(Nc3ccc(N4CCOCC4)cc3)c2)c1.O=C(O)C(F)(F)F. The van der Waals surface area contributed by atoms with Crippen molar-refractivity contribution in [3.63, 3.8) is 0 Å². The number of benzene rings is 1. The largest absolute Gasteiger partial charge is 0.490 e. The summed E-state index contributed by atoms with van der Waals surface area (Å²) in [5, 5.41) is 13.1. The second-order valence-electron chi connectivity index (χ2n) is 7.36. The summed E-state index contributed by atoms with van der Waals surface area (Å²) in [6, 6.07) is 14.0. The van der Waals surface area contributed by atoms with Gasteiger partial charge in [0, 0.05) is 56.2 Å². The van der Waals surface area contributed by atoms with Gasteiger partial charge in [0.25, 0.3) is 5.91 Å². The summed E-state index contributed by atoms with van der Waals surface area (Å²) in [5.74, 6) is -2.12. The minimum atomic E-state index is -5.08. The highest BCUT2D eigenvalue weighted by Gasteiger charge is 2.38. The van der Waals surface area contributed by atoms with E-state index in [1.54, 1.807) is 25.5 Å². The summed E-state index contributed by atoms with van der Waals surface area (Å²) in [5.41, 5.74) is 3.72. The first kappa shape index (κ1) is 25.6. The molecule has 0 saturated carbocycles. The number of alkyl halides is 3. The number of nitrogens with one attached hydrogen (secondary N) is 2. The maximum Gasteiger partial charge on any atom is 0.490 e. The third-order valence-electron chi connectivity index (χ3n) is 4.98. The monoisotopic (exact) mass is 491 g/mol. The molecule has 0 aliphatic carbocycles. The molecule has 35 heavy (non-hydrogen) atoms. The Kier molecular flexibility index (Phi) is 8.31. The van der Waals surface area contributed by atoms with Crippen LogP contribution in [0.4, 0.5) is 30.4 Å². The summed E-state index contributed by atoms with van der Waals surface area (Å²) >= 11 is 0. The number of hydrogen-bond donors (Lipinski definition) is 3. The summed E-state index contributed by atoms with van der Waals surface area (Å²) in [6.45, 7) is 3.39. The van der Waals surface area contributed by atoms with E-state index in [1.165, 1.54) is 5.69 Å². The summed E-state index contributed by atoms with van der Waals surface area (Å²) in [6.07, 6.45) is 0.329. The Morgan fingerprint density at radius 3 is 2.31 bits per heavy atom. The number of amides is 1. The molecular weight excluding hydrogens is 467 g/mol. The first-order chi connectivity index (χ1) is 16.7. The van der Waals surface area contributed by atoms with Crippen LogP contribution >= 0.6 is 0 Å². The predicted molar refractivity (Wildman–Crippen MR) is 123 cm³/mol. The van der Waals surface area contributed by atoms with Crippen LogP contribution in [0, 0.1) is 0 Å². The molecule has 3 heterocycles. The second-order valence-corrected chi connectivity index (χ2v) is 7.36. The molecule has 1 fully saturated rings.